The van der Waals surface area contributed by atoms with Crippen LogP contribution in [0, 0.1) is 5.92 Å². The van der Waals surface area contributed by atoms with Gasteiger partial charge in [-0.3, -0.25) is 14.6 Å². The van der Waals surface area contributed by atoms with Crippen molar-refractivity contribution in [1.29, 1.82) is 0 Å². The average Bonchev–Trinajstić information content (AvgIpc) is 2.73. The van der Waals surface area contributed by atoms with Crippen LogP contribution < -0.4 is 10.2 Å². The minimum atomic E-state index is -1.16. The second-order valence-corrected chi connectivity index (χ2v) is 7.05. The Hall–Kier alpha value is -2.96. The Kier molecular flexibility index (Phi) is 5.69. The highest BCUT2D eigenvalue weighted by atomic mass is 16.4. The van der Waals surface area contributed by atoms with Crippen molar-refractivity contribution in [3.8, 4) is 0 Å². The molecule has 1 aliphatic heterocycles. The molecule has 27 heavy (non-hydrogen) atoms. The quantitative estimate of drug-likeness (QED) is 0.808. The number of benzene rings is 1. The number of carboxylic acids is 1. The van der Waals surface area contributed by atoms with E-state index in [9.17, 15) is 14.7 Å². The molecule has 1 atom stereocenters. The van der Waals surface area contributed by atoms with Crippen LogP contribution in [0.15, 0.2) is 48.9 Å². The summed E-state index contributed by atoms with van der Waals surface area (Å²) in [5.41, 5.74) is -0.479. The van der Waals surface area contributed by atoms with Gasteiger partial charge in [0.25, 0.3) is 0 Å². The average molecular weight is 368 g/mol. The summed E-state index contributed by atoms with van der Waals surface area (Å²) in [6.45, 7) is 3.16. The number of aliphatic carboxylic acids is 1. The standard InChI is InChI=1S/C20H24N4O3/c1-20(19(26)27,16-5-3-2-4-6-16)14-23-18(25)15-7-11-24(12-8-15)17-13-21-9-10-22-17/h2-6,9-10,13,15H,7-8,11-12,14H2,1H3,(H,23,25)(H,26,27). The van der Waals surface area contributed by atoms with Gasteiger partial charge < -0.3 is 15.3 Å². The second-order valence-electron chi connectivity index (χ2n) is 7.05. The van der Waals surface area contributed by atoms with E-state index in [4.69, 9.17) is 0 Å². The van der Waals surface area contributed by atoms with Crippen molar-refractivity contribution in [3.05, 3.63) is 54.5 Å². The van der Waals surface area contributed by atoms with Gasteiger partial charge in [0.05, 0.1) is 6.20 Å². The largest absolute Gasteiger partial charge is 0.481 e. The smallest absolute Gasteiger partial charge is 0.315 e. The molecule has 2 aromatic rings. The van der Waals surface area contributed by atoms with Crippen molar-refractivity contribution in [2.75, 3.05) is 24.5 Å². The molecule has 0 aliphatic carbocycles. The number of aromatic nitrogens is 2. The highest BCUT2D eigenvalue weighted by Crippen LogP contribution is 2.25. The molecule has 1 saturated heterocycles. The Morgan fingerprint density at radius 2 is 1.93 bits per heavy atom. The number of piperidine rings is 1. The van der Waals surface area contributed by atoms with Gasteiger partial charge >= 0.3 is 5.97 Å². The first-order chi connectivity index (χ1) is 13.0. The SMILES string of the molecule is CC(CNC(=O)C1CCN(c2cnccn2)CC1)(C(=O)O)c1ccccc1. The van der Waals surface area contributed by atoms with Crippen molar-refractivity contribution in [2.24, 2.45) is 5.92 Å². The lowest BCUT2D eigenvalue weighted by molar-refractivity contribution is -0.143. The van der Waals surface area contributed by atoms with E-state index in [-0.39, 0.29) is 18.4 Å². The molecule has 3 rings (SSSR count). The minimum absolute atomic E-state index is 0.0650. The summed E-state index contributed by atoms with van der Waals surface area (Å²) in [6, 6.07) is 9.01. The summed E-state index contributed by atoms with van der Waals surface area (Å²) in [6.07, 6.45) is 6.42. The van der Waals surface area contributed by atoms with E-state index in [2.05, 4.69) is 20.2 Å². The molecule has 0 spiro atoms. The van der Waals surface area contributed by atoms with Crippen molar-refractivity contribution in [3.63, 3.8) is 0 Å². The Bertz CT molecular complexity index is 776. The molecule has 1 aromatic carbocycles. The van der Waals surface area contributed by atoms with Gasteiger partial charge in [0.1, 0.15) is 11.2 Å². The fraction of sp³-hybridized carbons (Fsp3) is 0.400. The summed E-state index contributed by atoms with van der Waals surface area (Å²) in [4.78, 5) is 34.9. The molecule has 1 aromatic heterocycles. The van der Waals surface area contributed by atoms with Gasteiger partial charge in [0.2, 0.25) is 5.91 Å². The van der Waals surface area contributed by atoms with Crippen LogP contribution in [0.5, 0.6) is 0 Å². The second kappa shape index (κ2) is 8.16. The molecule has 0 bridgehead atoms. The lowest BCUT2D eigenvalue weighted by Crippen LogP contribution is -2.47. The molecule has 2 heterocycles. The number of nitrogens with one attached hydrogen (secondary N) is 1. The van der Waals surface area contributed by atoms with Crippen LogP contribution in [0.1, 0.15) is 25.3 Å². The summed E-state index contributed by atoms with van der Waals surface area (Å²) in [7, 11) is 0. The Balaban J connectivity index is 1.57. The van der Waals surface area contributed by atoms with E-state index >= 15 is 0 Å². The number of hydrogen-bond donors (Lipinski definition) is 2. The van der Waals surface area contributed by atoms with Crippen LogP contribution in [0.25, 0.3) is 0 Å². The molecular formula is C20H24N4O3. The van der Waals surface area contributed by atoms with Crippen LogP contribution in [0.2, 0.25) is 0 Å². The molecular weight excluding hydrogens is 344 g/mol. The maximum absolute atomic E-state index is 12.6. The molecule has 1 fully saturated rings. The van der Waals surface area contributed by atoms with Crippen LogP contribution in [0.3, 0.4) is 0 Å². The van der Waals surface area contributed by atoms with Gasteiger partial charge in [0.15, 0.2) is 0 Å². The number of carbonyl (C=O) groups is 2. The first-order valence-electron chi connectivity index (χ1n) is 9.08. The summed E-state index contributed by atoms with van der Waals surface area (Å²) < 4.78 is 0. The fourth-order valence-electron chi connectivity index (χ4n) is 3.34. The Morgan fingerprint density at radius 3 is 2.52 bits per heavy atom. The highest BCUT2D eigenvalue weighted by molar-refractivity contribution is 5.84. The number of nitrogens with zero attached hydrogens (tertiary/aromatic N) is 3. The molecule has 0 radical (unpaired) electrons. The number of amides is 1. The number of carbonyl (C=O) groups excluding carboxylic acids is 1. The molecule has 1 aliphatic rings. The third-order valence-electron chi connectivity index (χ3n) is 5.24. The van der Waals surface area contributed by atoms with Crippen LogP contribution in [-0.2, 0) is 15.0 Å². The number of anilines is 1. The Labute approximate surface area is 158 Å². The van der Waals surface area contributed by atoms with Crippen molar-refractivity contribution in [1.82, 2.24) is 15.3 Å². The third-order valence-corrected chi connectivity index (χ3v) is 5.24. The van der Waals surface area contributed by atoms with E-state index < -0.39 is 11.4 Å². The van der Waals surface area contributed by atoms with Crippen LogP contribution in [-0.4, -0.2) is 46.6 Å². The van der Waals surface area contributed by atoms with E-state index in [0.717, 1.165) is 18.9 Å². The third kappa shape index (κ3) is 4.24. The van der Waals surface area contributed by atoms with E-state index in [1.165, 1.54) is 0 Å². The van der Waals surface area contributed by atoms with Crippen LogP contribution >= 0.6 is 0 Å². The monoisotopic (exact) mass is 368 g/mol. The van der Waals surface area contributed by atoms with E-state index in [1.54, 1.807) is 49.8 Å². The van der Waals surface area contributed by atoms with Gasteiger partial charge in [-0.2, -0.15) is 0 Å². The van der Waals surface area contributed by atoms with Gasteiger partial charge in [-0.15, -0.1) is 0 Å². The van der Waals surface area contributed by atoms with Crippen molar-refractivity contribution >= 4 is 17.7 Å². The van der Waals surface area contributed by atoms with Crippen molar-refractivity contribution in [2.45, 2.75) is 25.2 Å². The Morgan fingerprint density at radius 1 is 1.22 bits per heavy atom. The zero-order valence-corrected chi connectivity index (χ0v) is 15.3. The van der Waals surface area contributed by atoms with Gasteiger partial charge in [-0.25, -0.2) is 4.98 Å². The number of rotatable bonds is 6. The normalized spacial score (nSPS) is 17.1. The summed E-state index contributed by atoms with van der Waals surface area (Å²) in [5.74, 6) is -0.339. The van der Waals surface area contributed by atoms with Gasteiger partial charge in [-0.1, -0.05) is 30.3 Å². The summed E-state index contributed by atoms with van der Waals surface area (Å²) in [5, 5.41) is 12.6. The molecule has 7 heteroatoms. The molecule has 0 saturated carbocycles. The van der Waals surface area contributed by atoms with Crippen molar-refractivity contribution < 1.29 is 14.7 Å². The molecule has 142 valence electrons. The summed E-state index contributed by atoms with van der Waals surface area (Å²) >= 11 is 0. The lowest BCUT2D eigenvalue weighted by Gasteiger charge is -2.32. The molecule has 1 amide bonds. The molecule has 2 N–H and O–H groups in total. The topological polar surface area (TPSA) is 95.4 Å². The van der Waals surface area contributed by atoms with Crippen LogP contribution in [0.4, 0.5) is 5.82 Å². The molecule has 7 nitrogen and oxygen atoms in total. The molecule has 1 unspecified atom stereocenters. The van der Waals surface area contributed by atoms with E-state index in [0.29, 0.717) is 18.4 Å². The first kappa shape index (κ1) is 18.8. The number of carboxylic acid groups (broad SMARTS) is 1. The zero-order chi connectivity index (χ0) is 19.3. The highest BCUT2D eigenvalue weighted by Gasteiger charge is 2.36. The fourth-order valence-corrected chi connectivity index (χ4v) is 3.34. The zero-order valence-electron chi connectivity index (χ0n) is 15.3. The van der Waals surface area contributed by atoms with Gasteiger partial charge in [0, 0.05) is 37.9 Å². The maximum Gasteiger partial charge on any atom is 0.315 e. The first-order valence-corrected chi connectivity index (χ1v) is 9.08. The predicted molar refractivity (Wildman–Crippen MR) is 101 cm³/mol. The number of hydrogen-bond acceptors (Lipinski definition) is 5. The minimum Gasteiger partial charge on any atom is -0.481 e. The van der Waals surface area contributed by atoms with E-state index in [1.807, 2.05) is 6.07 Å². The predicted octanol–water partition coefficient (Wildman–Crippen LogP) is 1.85. The maximum atomic E-state index is 12.6. The van der Waals surface area contributed by atoms with Gasteiger partial charge in [-0.05, 0) is 25.3 Å². The lowest BCUT2D eigenvalue weighted by atomic mass is 9.82.